The molecule has 1 N–H and O–H groups in total. The number of carbonyl (C=O) groups is 2. The van der Waals surface area contributed by atoms with Crippen LogP contribution in [0.5, 0.6) is 0 Å². The van der Waals surface area contributed by atoms with Crippen molar-refractivity contribution in [3.63, 3.8) is 0 Å². The van der Waals surface area contributed by atoms with Crippen LogP contribution in [0.25, 0.3) is 11.1 Å². The first-order chi connectivity index (χ1) is 12.2. The van der Waals surface area contributed by atoms with Crippen molar-refractivity contribution in [2.75, 3.05) is 12.9 Å². The van der Waals surface area contributed by atoms with Crippen molar-refractivity contribution >= 4 is 32.9 Å². The molecule has 0 amide bonds. The molecule has 0 unspecified atom stereocenters. The number of hydrogen-bond acceptors (Lipinski definition) is 5. The van der Waals surface area contributed by atoms with Crippen LogP contribution in [0.3, 0.4) is 0 Å². The van der Waals surface area contributed by atoms with E-state index in [0.29, 0.717) is 11.1 Å². The molecular weight excluding hydrogens is 356 g/mol. The number of ether oxygens (including phenoxy) is 1. The lowest BCUT2D eigenvalue weighted by Gasteiger charge is -2.14. The predicted molar refractivity (Wildman–Crippen MR) is 97.1 cm³/mol. The molecule has 136 valence electrons. The molecule has 26 heavy (non-hydrogen) atoms. The fourth-order valence-corrected chi connectivity index (χ4v) is 3.04. The summed E-state index contributed by atoms with van der Waals surface area (Å²) in [6, 6.07) is 14.2. The van der Waals surface area contributed by atoms with Gasteiger partial charge < -0.3 is 9.84 Å². The van der Waals surface area contributed by atoms with E-state index in [4.69, 9.17) is 4.74 Å². The molecule has 2 aromatic rings. The highest BCUT2D eigenvalue weighted by Gasteiger charge is 2.20. The Morgan fingerprint density at radius 3 is 2.00 bits per heavy atom. The summed E-state index contributed by atoms with van der Waals surface area (Å²) >= 11 is 0. The standard InChI is InChI=1S/C19H18O6S/c1-13(20)25-12-17(14-8-10-16(11-9-14)26(2,23)24)18(19(21)22)15-6-4-3-5-7-15/h3-11H,12H2,1-2H3,(H,21,22)/b18-17-. The summed E-state index contributed by atoms with van der Waals surface area (Å²) in [5, 5.41) is 9.71. The second kappa shape index (κ2) is 7.97. The van der Waals surface area contributed by atoms with Crippen molar-refractivity contribution in [1.82, 2.24) is 0 Å². The fourth-order valence-electron chi connectivity index (χ4n) is 2.41. The van der Waals surface area contributed by atoms with Gasteiger partial charge in [-0.25, -0.2) is 13.2 Å². The van der Waals surface area contributed by atoms with Gasteiger partial charge >= 0.3 is 11.9 Å². The highest BCUT2D eigenvalue weighted by molar-refractivity contribution is 7.90. The SMILES string of the molecule is CC(=O)OC/C(=C(/C(=O)O)c1ccccc1)c1ccc(S(C)(=O)=O)cc1. The summed E-state index contributed by atoms with van der Waals surface area (Å²) in [5.74, 6) is -1.72. The molecule has 0 aliphatic heterocycles. The van der Waals surface area contributed by atoms with Gasteiger partial charge in [0.15, 0.2) is 9.84 Å². The van der Waals surface area contributed by atoms with E-state index in [-0.39, 0.29) is 22.6 Å². The van der Waals surface area contributed by atoms with Gasteiger partial charge in [0, 0.05) is 18.8 Å². The summed E-state index contributed by atoms with van der Waals surface area (Å²) in [6.07, 6.45) is 1.09. The molecule has 0 saturated carbocycles. The molecule has 0 aliphatic rings. The maximum absolute atomic E-state index is 11.9. The maximum Gasteiger partial charge on any atom is 0.336 e. The number of rotatable bonds is 6. The van der Waals surface area contributed by atoms with Gasteiger partial charge in [0.25, 0.3) is 0 Å². The minimum atomic E-state index is -3.38. The molecule has 0 saturated heterocycles. The van der Waals surface area contributed by atoms with Crippen LogP contribution in [0.4, 0.5) is 0 Å². The molecule has 0 heterocycles. The molecule has 0 atom stereocenters. The molecule has 0 bridgehead atoms. The molecule has 0 aliphatic carbocycles. The Morgan fingerprint density at radius 2 is 1.54 bits per heavy atom. The Hall–Kier alpha value is -2.93. The van der Waals surface area contributed by atoms with Gasteiger partial charge in [-0.2, -0.15) is 0 Å². The number of carbonyl (C=O) groups excluding carboxylic acids is 1. The highest BCUT2D eigenvalue weighted by atomic mass is 32.2. The molecule has 0 spiro atoms. The highest BCUT2D eigenvalue weighted by Crippen LogP contribution is 2.28. The summed E-state index contributed by atoms with van der Waals surface area (Å²) in [4.78, 5) is 23.2. The number of sulfone groups is 1. The lowest BCUT2D eigenvalue weighted by molar-refractivity contribution is -0.139. The van der Waals surface area contributed by atoms with Crippen LogP contribution in [0.1, 0.15) is 18.1 Å². The van der Waals surface area contributed by atoms with Crippen LogP contribution in [0, 0.1) is 0 Å². The molecule has 0 aromatic heterocycles. The second-order valence-electron chi connectivity index (χ2n) is 5.60. The summed E-state index contributed by atoms with van der Waals surface area (Å²) in [6.45, 7) is 0.984. The normalized spacial score (nSPS) is 12.2. The first kappa shape index (κ1) is 19.4. The number of esters is 1. The third-order valence-electron chi connectivity index (χ3n) is 3.63. The number of carboxylic acid groups (broad SMARTS) is 1. The van der Waals surface area contributed by atoms with Crippen molar-refractivity contribution in [2.45, 2.75) is 11.8 Å². The third kappa shape index (κ3) is 4.80. The van der Waals surface area contributed by atoms with Gasteiger partial charge in [-0.1, -0.05) is 42.5 Å². The van der Waals surface area contributed by atoms with Crippen molar-refractivity contribution in [3.05, 3.63) is 65.7 Å². The van der Waals surface area contributed by atoms with Gasteiger partial charge in [0.2, 0.25) is 0 Å². The Labute approximate surface area is 151 Å². The van der Waals surface area contributed by atoms with Crippen LogP contribution in [0.2, 0.25) is 0 Å². The Balaban J connectivity index is 2.64. The van der Waals surface area contributed by atoms with Crippen molar-refractivity contribution in [1.29, 1.82) is 0 Å². The van der Waals surface area contributed by atoms with Gasteiger partial charge in [-0.05, 0) is 23.3 Å². The lowest BCUT2D eigenvalue weighted by Crippen LogP contribution is -2.10. The van der Waals surface area contributed by atoms with E-state index in [1.54, 1.807) is 30.3 Å². The van der Waals surface area contributed by atoms with Gasteiger partial charge in [0.05, 0.1) is 10.5 Å². The number of hydrogen-bond donors (Lipinski definition) is 1. The third-order valence-corrected chi connectivity index (χ3v) is 4.76. The number of aliphatic carboxylic acids is 1. The van der Waals surface area contributed by atoms with Crippen molar-refractivity contribution < 1.29 is 27.9 Å². The quantitative estimate of drug-likeness (QED) is 0.474. The van der Waals surface area contributed by atoms with Crippen LogP contribution in [-0.2, 0) is 24.2 Å². The van der Waals surface area contributed by atoms with Crippen LogP contribution in [-0.4, -0.2) is 38.3 Å². The average molecular weight is 374 g/mol. The van der Waals surface area contributed by atoms with E-state index in [0.717, 1.165) is 6.26 Å². The van der Waals surface area contributed by atoms with Gasteiger partial charge in [-0.3, -0.25) is 4.79 Å². The molecule has 0 fully saturated rings. The smallest absolute Gasteiger partial charge is 0.336 e. The minimum Gasteiger partial charge on any atom is -0.478 e. The first-order valence-corrected chi connectivity index (χ1v) is 9.55. The number of benzene rings is 2. The van der Waals surface area contributed by atoms with E-state index >= 15 is 0 Å². The van der Waals surface area contributed by atoms with Crippen molar-refractivity contribution in [2.24, 2.45) is 0 Å². The molecule has 2 rings (SSSR count). The van der Waals surface area contributed by atoms with Gasteiger partial charge in [0.1, 0.15) is 6.61 Å². The monoisotopic (exact) mass is 374 g/mol. The Kier molecular flexibility index (Phi) is 5.94. The topological polar surface area (TPSA) is 97.7 Å². The zero-order valence-electron chi connectivity index (χ0n) is 14.3. The molecule has 0 radical (unpaired) electrons. The zero-order chi connectivity index (χ0) is 19.3. The maximum atomic E-state index is 11.9. The van der Waals surface area contributed by atoms with E-state index < -0.39 is 21.8 Å². The summed E-state index contributed by atoms with van der Waals surface area (Å²) in [7, 11) is -3.38. The zero-order valence-corrected chi connectivity index (χ0v) is 15.1. The minimum absolute atomic E-state index is 0.0149. The van der Waals surface area contributed by atoms with Crippen LogP contribution < -0.4 is 0 Å². The second-order valence-corrected chi connectivity index (χ2v) is 7.62. The summed E-state index contributed by atoms with van der Waals surface area (Å²) < 4.78 is 28.3. The lowest BCUT2D eigenvalue weighted by atomic mass is 9.95. The van der Waals surface area contributed by atoms with E-state index in [9.17, 15) is 23.1 Å². The average Bonchev–Trinajstić information content (AvgIpc) is 2.58. The number of carboxylic acids is 1. The first-order valence-electron chi connectivity index (χ1n) is 7.66. The predicted octanol–water partition coefficient (Wildman–Crippen LogP) is 2.65. The summed E-state index contributed by atoms with van der Waals surface area (Å²) in [5.41, 5.74) is 1.17. The van der Waals surface area contributed by atoms with E-state index in [1.807, 2.05) is 0 Å². The molecule has 6 nitrogen and oxygen atoms in total. The largest absolute Gasteiger partial charge is 0.478 e. The Morgan fingerprint density at radius 1 is 0.962 bits per heavy atom. The molecular formula is C19H18O6S. The molecule has 2 aromatic carbocycles. The Bertz CT molecular complexity index is 941. The van der Waals surface area contributed by atoms with Crippen molar-refractivity contribution in [3.8, 4) is 0 Å². The van der Waals surface area contributed by atoms with E-state index in [1.165, 1.54) is 31.2 Å². The van der Waals surface area contributed by atoms with Crippen LogP contribution >= 0.6 is 0 Å². The van der Waals surface area contributed by atoms with Crippen LogP contribution in [0.15, 0.2) is 59.5 Å². The van der Waals surface area contributed by atoms with Gasteiger partial charge in [-0.15, -0.1) is 0 Å². The van der Waals surface area contributed by atoms with E-state index in [2.05, 4.69) is 0 Å². The fraction of sp³-hybridized carbons (Fsp3) is 0.158. The molecule has 7 heteroatoms.